The van der Waals surface area contributed by atoms with Gasteiger partial charge >= 0.3 is 5.97 Å². The first kappa shape index (κ1) is 17.6. The van der Waals surface area contributed by atoms with E-state index in [0.717, 1.165) is 0 Å². The fourth-order valence-electron chi connectivity index (χ4n) is 1.92. The monoisotopic (exact) mass is 348 g/mol. The third kappa shape index (κ3) is 4.40. The van der Waals surface area contributed by atoms with Gasteiger partial charge in [-0.3, -0.25) is 4.79 Å². The number of benzene rings is 2. The molecule has 0 heterocycles. The van der Waals surface area contributed by atoms with Gasteiger partial charge in [0, 0.05) is 0 Å². The van der Waals surface area contributed by atoms with Gasteiger partial charge in [0.2, 0.25) is 15.9 Å². The minimum atomic E-state index is -3.78. The average molecular weight is 348 g/mol. The Morgan fingerprint density at radius 1 is 1.00 bits per heavy atom. The summed E-state index contributed by atoms with van der Waals surface area (Å²) in [5.74, 6) is -1.21. The van der Waals surface area contributed by atoms with Crippen molar-refractivity contribution in [3.8, 4) is 0 Å². The van der Waals surface area contributed by atoms with Crippen molar-refractivity contribution in [1.29, 1.82) is 0 Å². The van der Waals surface area contributed by atoms with Gasteiger partial charge in [-0.25, -0.2) is 17.9 Å². The predicted octanol–water partition coefficient (Wildman–Crippen LogP) is 1.39. The molecule has 0 aliphatic carbocycles. The van der Waals surface area contributed by atoms with Crippen LogP contribution in [0.5, 0.6) is 0 Å². The SMILES string of the molecule is COC(=O)c1ccccc1NC(=O)CNS(=O)(=O)c1ccccc1. The lowest BCUT2D eigenvalue weighted by Gasteiger charge is -2.10. The summed E-state index contributed by atoms with van der Waals surface area (Å²) < 4.78 is 30.9. The lowest BCUT2D eigenvalue weighted by molar-refractivity contribution is -0.115. The van der Waals surface area contributed by atoms with Gasteiger partial charge in [-0.2, -0.15) is 0 Å². The number of nitrogens with one attached hydrogen (secondary N) is 2. The first-order chi connectivity index (χ1) is 11.4. The fraction of sp³-hybridized carbons (Fsp3) is 0.125. The van der Waals surface area contributed by atoms with Crippen LogP contribution >= 0.6 is 0 Å². The molecule has 0 aliphatic rings. The van der Waals surface area contributed by atoms with Gasteiger partial charge in [0.25, 0.3) is 0 Å². The summed E-state index contributed by atoms with van der Waals surface area (Å²) in [6, 6.07) is 14.0. The molecule has 2 aromatic rings. The Balaban J connectivity index is 2.04. The zero-order valence-electron chi connectivity index (χ0n) is 12.9. The molecular formula is C16H16N2O5S. The largest absolute Gasteiger partial charge is 0.465 e. The highest BCUT2D eigenvalue weighted by Gasteiger charge is 2.17. The number of esters is 1. The Labute approximate surface area is 139 Å². The lowest BCUT2D eigenvalue weighted by atomic mass is 10.2. The van der Waals surface area contributed by atoms with Crippen LogP contribution < -0.4 is 10.0 Å². The Morgan fingerprint density at radius 3 is 2.29 bits per heavy atom. The molecule has 7 nitrogen and oxygen atoms in total. The van der Waals surface area contributed by atoms with Gasteiger partial charge in [0.1, 0.15) is 0 Å². The van der Waals surface area contributed by atoms with Crippen LogP contribution in [-0.2, 0) is 19.6 Å². The number of amides is 1. The Bertz CT molecular complexity index is 835. The van der Waals surface area contributed by atoms with Crippen LogP contribution in [0.2, 0.25) is 0 Å². The number of hydrogen-bond acceptors (Lipinski definition) is 5. The Morgan fingerprint density at radius 2 is 1.62 bits per heavy atom. The zero-order valence-corrected chi connectivity index (χ0v) is 13.7. The maximum atomic E-state index is 12.0. The summed E-state index contributed by atoms with van der Waals surface area (Å²) in [6.07, 6.45) is 0. The smallest absolute Gasteiger partial charge is 0.339 e. The minimum Gasteiger partial charge on any atom is -0.465 e. The third-order valence-electron chi connectivity index (χ3n) is 3.08. The van der Waals surface area contributed by atoms with Crippen molar-refractivity contribution < 1.29 is 22.7 Å². The van der Waals surface area contributed by atoms with E-state index in [4.69, 9.17) is 0 Å². The number of ether oxygens (including phenoxy) is 1. The molecule has 0 saturated carbocycles. The number of carbonyl (C=O) groups excluding carboxylic acids is 2. The topological polar surface area (TPSA) is 102 Å². The summed E-state index contributed by atoms with van der Waals surface area (Å²) in [7, 11) is -2.55. The van der Waals surface area contributed by atoms with Crippen molar-refractivity contribution in [1.82, 2.24) is 4.72 Å². The summed E-state index contributed by atoms with van der Waals surface area (Å²) in [6.45, 7) is -0.466. The number of anilines is 1. The van der Waals surface area contributed by atoms with Gasteiger partial charge < -0.3 is 10.1 Å². The maximum Gasteiger partial charge on any atom is 0.339 e. The van der Waals surface area contributed by atoms with Gasteiger partial charge in [0.15, 0.2) is 0 Å². The fourth-order valence-corrected chi connectivity index (χ4v) is 2.92. The van der Waals surface area contributed by atoms with Crippen molar-refractivity contribution in [3.05, 3.63) is 60.2 Å². The van der Waals surface area contributed by atoms with Crippen molar-refractivity contribution >= 4 is 27.6 Å². The molecule has 8 heteroatoms. The number of methoxy groups -OCH3 is 1. The molecule has 1 amide bonds. The second-order valence-electron chi connectivity index (χ2n) is 4.72. The van der Waals surface area contributed by atoms with Crippen LogP contribution in [0.1, 0.15) is 10.4 Å². The van der Waals surface area contributed by atoms with Gasteiger partial charge in [-0.15, -0.1) is 0 Å². The molecule has 24 heavy (non-hydrogen) atoms. The van der Waals surface area contributed by atoms with E-state index in [1.165, 1.54) is 31.4 Å². The van der Waals surface area contributed by atoms with E-state index in [0.29, 0.717) is 0 Å². The molecule has 0 atom stereocenters. The van der Waals surface area contributed by atoms with Gasteiger partial charge in [0.05, 0.1) is 29.8 Å². The van der Waals surface area contributed by atoms with Gasteiger partial charge in [-0.05, 0) is 24.3 Å². The van der Waals surface area contributed by atoms with Crippen molar-refractivity contribution in [3.63, 3.8) is 0 Å². The maximum absolute atomic E-state index is 12.0. The first-order valence-corrected chi connectivity index (χ1v) is 8.44. The first-order valence-electron chi connectivity index (χ1n) is 6.96. The molecule has 0 unspecified atom stereocenters. The number of sulfonamides is 1. The molecule has 2 aromatic carbocycles. The summed E-state index contributed by atoms with van der Waals surface area (Å²) in [5.41, 5.74) is 0.424. The van der Waals surface area contributed by atoms with Crippen LogP contribution in [0.4, 0.5) is 5.69 Å². The standard InChI is InChI=1S/C16H16N2O5S/c1-23-16(20)13-9-5-6-10-14(13)18-15(19)11-17-24(21,22)12-7-3-2-4-8-12/h2-10,17H,11H2,1H3,(H,18,19). The molecule has 0 aromatic heterocycles. The van der Waals surface area contributed by atoms with E-state index in [-0.39, 0.29) is 16.1 Å². The lowest BCUT2D eigenvalue weighted by Crippen LogP contribution is -2.33. The number of hydrogen-bond donors (Lipinski definition) is 2. The third-order valence-corrected chi connectivity index (χ3v) is 4.50. The molecule has 0 radical (unpaired) electrons. The van der Waals surface area contributed by atoms with E-state index in [9.17, 15) is 18.0 Å². The molecule has 0 spiro atoms. The molecule has 0 bridgehead atoms. The second kappa shape index (κ2) is 7.71. The van der Waals surface area contributed by atoms with Crippen LogP contribution in [0.25, 0.3) is 0 Å². The van der Waals surface area contributed by atoms with Crippen LogP contribution in [0.3, 0.4) is 0 Å². The molecule has 0 saturated heterocycles. The minimum absolute atomic E-state index is 0.0627. The van der Waals surface area contributed by atoms with Crippen molar-refractivity contribution in [2.45, 2.75) is 4.90 Å². The summed E-state index contributed by atoms with van der Waals surface area (Å²) in [5, 5.41) is 2.48. The molecule has 2 N–H and O–H groups in total. The van der Waals surface area contributed by atoms with E-state index in [2.05, 4.69) is 14.8 Å². The van der Waals surface area contributed by atoms with Crippen LogP contribution in [0, 0.1) is 0 Å². The zero-order chi connectivity index (χ0) is 17.6. The molecule has 0 aliphatic heterocycles. The van der Waals surface area contributed by atoms with Crippen LogP contribution in [0.15, 0.2) is 59.5 Å². The Hall–Kier alpha value is -2.71. The Kier molecular flexibility index (Phi) is 5.67. The van der Waals surface area contributed by atoms with E-state index < -0.39 is 28.4 Å². The van der Waals surface area contributed by atoms with E-state index in [1.807, 2.05) is 0 Å². The summed E-state index contributed by atoms with van der Waals surface area (Å²) in [4.78, 5) is 23.7. The molecule has 2 rings (SSSR count). The highest BCUT2D eigenvalue weighted by Crippen LogP contribution is 2.15. The summed E-state index contributed by atoms with van der Waals surface area (Å²) >= 11 is 0. The average Bonchev–Trinajstić information content (AvgIpc) is 2.60. The normalized spacial score (nSPS) is 10.9. The quantitative estimate of drug-likeness (QED) is 0.768. The molecule has 0 fully saturated rings. The van der Waals surface area contributed by atoms with Crippen molar-refractivity contribution in [2.75, 3.05) is 19.0 Å². The van der Waals surface area contributed by atoms with Crippen molar-refractivity contribution in [2.24, 2.45) is 0 Å². The van der Waals surface area contributed by atoms with Gasteiger partial charge in [-0.1, -0.05) is 30.3 Å². The van der Waals surface area contributed by atoms with E-state index >= 15 is 0 Å². The highest BCUT2D eigenvalue weighted by atomic mass is 32.2. The predicted molar refractivity (Wildman–Crippen MR) is 88.0 cm³/mol. The number of rotatable bonds is 6. The molecule has 126 valence electrons. The highest BCUT2D eigenvalue weighted by molar-refractivity contribution is 7.89. The number of para-hydroxylation sites is 1. The number of carbonyl (C=O) groups is 2. The van der Waals surface area contributed by atoms with Crippen LogP contribution in [-0.4, -0.2) is 33.9 Å². The van der Waals surface area contributed by atoms with E-state index in [1.54, 1.807) is 30.3 Å². The molecular weight excluding hydrogens is 332 g/mol. The second-order valence-corrected chi connectivity index (χ2v) is 6.49.